The topological polar surface area (TPSA) is 70.2 Å². The fourth-order valence-electron chi connectivity index (χ4n) is 3.20. The highest BCUT2D eigenvalue weighted by Crippen LogP contribution is 2.36. The molecule has 7 nitrogen and oxygen atoms in total. The summed E-state index contributed by atoms with van der Waals surface area (Å²) in [5.41, 5.74) is -0.267. The maximum absolute atomic E-state index is 12.9. The van der Waals surface area contributed by atoms with Crippen molar-refractivity contribution in [2.45, 2.75) is 38.0 Å². The lowest BCUT2D eigenvalue weighted by molar-refractivity contribution is -0.121. The van der Waals surface area contributed by atoms with Crippen molar-refractivity contribution >= 4 is 75.1 Å². The molecule has 0 aliphatic carbocycles. The number of amides is 3. The third-order valence-electron chi connectivity index (χ3n) is 4.69. The molecule has 2 saturated heterocycles. The van der Waals surface area contributed by atoms with Gasteiger partial charge in [0.25, 0.3) is 0 Å². The Bertz CT molecular complexity index is 914. The number of rotatable bonds is 2. The zero-order chi connectivity index (χ0) is 22.9. The Kier molecular flexibility index (Phi) is 7.40. The lowest BCUT2D eigenvalue weighted by atomic mass is 10.2. The van der Waals surface area contributed by atoms with Crippen LogP contribution in [0, 0.1) is 0 Å². The van der Waals surface area contributed by atoms with E-state index in [1.165, 1.54) is 17.8 Å². The first-order chi connectivity index (χ1) is 14.5. The van der Waals surface area contributed by atoms with Crippen molar-refractivity contribution < 1.29 is 19.1 Å². The summed E-state index contributed by atoms with van der Waals surface area (Å²) in [6.45, 7) is 7.48. The fraction of sp³-hybridized carbons (Fsp3) is 0.500. The number of benzene rings is 1. The van der Waals surface area contributed by atoms with Crippen LogP contribution in [0.1, 0.15) is 27.2 Å². The number of hydrogen-bond donors (Lipinski definition) is 0. The first-order valence-electron chi connectivity index (χ1n) is 9.71. The Morgan fingerprint density at radius 3 is 2.35 bits per heavy atom. The van der Waals surface area contributed by atoms with Gasteiger partial charge in [-0.3, -0.25) is 9.59 Å². The van der Waals surface area contributed by atoms with E-state index in [9.17, 15) is 14.4 Å². The van der Waals surface area contributed by atoms with E-state index in [0.29, 0.717) is 35.5 Å². The standard InChI is InChI=1S/C20H23Cl2N3O4S2/c1-20(2,3)29-18(28)23-6-8-24(9-7-23)19(30)31-15-11-16(26)25(17(15)27)14-10-12(21)4-5-13(14)22/h4-5,10,15H,6-9,11H2,1-3H3/t15-/m1/s1. The number of thioether (sulfide) groups is 1. The molecule has 0 bridgehead atoms. The number of carbonyl (C=O) groups excluding carboxylic acids is 3. The van der Waals surface area contributed by atoms with Crippen LogP contribution in [0.2, 0.25) is 10.0 Å². The minimum atomic E-state index is -0.626. The number of ether oxygens (including phenoxy) is 1. The number of halogens is 2. The van der Waals surface area contributed by atoms with E-state index < -0.39 is 10.9 Å². The van der Waals surface area contributed by atoms with Crippen LogP contribution in [-0.2, 0) is 14.3 Å². The molecule has 2 aliphatic rings. The molecular weight excluding hydrogens is 481 g/mol. The molecule has 0 spiro atoms. The predicted molar refractivity (Wildman–Crippen MR) is 127 cm³/mol. The van der Waals surface area contributed by atoms with Gasteiger partial charge in [0.1, 0.15) is 15.2 Å². The largest absolute Gasteiger partial charge is 0.444 e. The zero-order valence-electron chi connectivity index (χ0n) is 17.4. The third-order valence-corrected chi connectivity index (χ3v) is 6.90. The molecule has 3 rings (SSSR count). The van der Waals surface area contributed by atoms with Crippen molar-refractivity contribution in [3.05, 3.63) is 28.2 Å². The normalized spacial score (nSPS) is 19.8. The molecule has 2 heterocycles. The van der Waals surface area contributed by atoms with Crippen molar-refractivity contribution in [1.29, 1.82) is 0 Å². The summed E-state index contributed by atoms with van der Waals surface area (Å²) in [6, 6.07) is 4.65. The SMILES string of the molecule is CC(C)(C)OC(=O)N1CCN(C(=S)S[C@@H]2CC(=O)N(c3cc(Cl)ccc3Cl)C2=O)CC1. The maximum atomic E-state index is 12.9. The minimum Gasteiger partial charge on any atom is -0.444 e. The van der Waals surface area contributed by atoms with Gasteiger partial charge in [0.2, 0.25) is 11.8 Å². The van der Waals surface area contributed by atoms with Crippen LogP contribution in [0.25, 0.3) is 0 Å². The quantitative estimate of drug-likeness (QED) is 0.442. The molecular formula is C20H23Cl2N3O4S2. The first kappa shape index (κ1) is 24.1. The van der Waals surface area contributed by atoms with Crippen molar-refractivity contribution in [1.82, 2.24) is 9.80 Å². The van der Waals surface area contributed by atoms with Gasteiger partial charge >= 0.3 is 6.09 Å². The van der Waals surface area contributed by atoms with Gasteiger partial charge in [-0.05, 0) is 39.0 Å². The number of carbonyl (C=O) groups is 3. The molecule has 1 aromatic rings. The van der Waals surface area contributed by atoms with Crippen molar-refractivity contribution in [3.63, 3.8) is 0 Å². The highest BCUT2D eigenvalue weighted by atomic mass is 35.5. The molecule has 0 radical (unpaired) electrons. The third kappa shape index (κ3) is 5.83. The molecule has 0 aromatic heterocycles. The number of piperazine rings is 1. The van der Waals surface area contributed by atoms with Gasteiger partial charge < -0.3 is 14.5 Å². The Hall–Kier alpha value is -1.55. The Labute approximate surface area is 200 Å². The summed E-state index contributed by atoms with van der Waals surface area (Å²) in [6.07, 6.45) is -0.319. The number of imide groups is 1. The van der Waals surface area contributed by atoms with E-state index in [-0.39, 0.29) is 35.0 Å². The van der Waals surface area contributed by atoms with Crippen molar-refractivity contribution in [2.75, 3.05) is 31.1 Å². The monoisotopic (exact) mass is 503 g/mol. The second kappa shape index (κ2) is 9.52. The van der Waals surface area contributed by atoms with E-state index in [2.05, 4.69) is 0 Å². The van der Waals surface area contributed by atoms with Gasteiger partial charge in [0.15, 0.2) is 0 Å². The van der Waals surface area contributed by atoms with Gasteiger partial charge in [0, 0.05) is 37.6 Å². The Morgan fingerprint density at radius 2 is 1.74 bits per heavy atom. The van der Waals surface area contributed by atoms with Gasteiger partial charge in [-0.25, -0.2) is 9.69 Å². The Balaban J connectivity index is 1.58. The minimum absolute atomic E-state index is 0.0321. The van der Waals surface area contributed by atoms with Gasteiger partial charge in [-0.2, -0.15) is 0 Å². The summed E-state index contributed by atoms with van der Waals surface area (Å²) < 4.78 is 5.92. The van der Waals surface area contributed by atoms with E-state index in [1.54, 1.807) is 17.0 Å². The van der Waals surface area contributed by atoms with Crippen LogP contribution < -0.4 is 4.90 Å². The molecule has 11 heteroatoms. The predicted octanol–water partition coefficient (Wildman–Crippen LogP) is 4.20. The van der Waals surface area contributed by atoms with Crippen molar-refractivity contribution in [2.24, 2.45) is 0 Å². The number of thiocarbonyl (C=S) groups is 1. The second-order valence-electron chi connectivity index (χ2n) is 8.19. The highest BCUT2D eigenvalue weighted by Gasteiger charge is 2.42. The summed E-state index contributed by atoms with van der Waals surface area (Å²) in [7, 11) is 0. The molecule has 168 valence electrons. The van der Waals surface area contributed by atoms with Crippen molar-refractivity contribution in [3.8, 4) is 0 Å². The lowest BCUT2D eigenvalue weighted by Gasteiger charge is -2.36. The molecule has 2 aliphatic heterocycles. The number of hydrogen-bond acceptors (Lipinski definition) is 6. The van der Waals surface area contributed by atoms with Crippen LogP contribution >= 0.6 is 47.2 Å². The van der Waals surface area contributed by atoms with E-state index in [1.807, 2.05) is 25.7 Å². The smallest absolute Gasteiger partial charge is 0.410 e. The molecule has 3 amide bonds. The summed E-state index contributed by atoms with van der Waals surface area (Å²) in [5, 5.41) is 0.0333. The number of anilines is 1. The van der Waals surface area contributed by atoms with E-state index in [0.717, 1.165) is 4.90 Å². The highest BCUT2D eigenvalue weighted by molar-refractivity contribution is 8.23. The summed E-state index contributed by atoms with van der Waals surface area (Å²) >= 11 is 18.9. The van der Waals surface area contributed by atoms with Crippen LogP contribution in [0.3, 0.4) is 0 Å². The Morgan fingerprint density at radius 1 is 1.13 bits per heavy atom. The van der Waals surface area contributed by atoms with E-state index >= 15 is 0 Å². The van der Waals surface area contributed by atoms with Crippen LogP contribution in [0.15, 0.2) is 18.2 Å². The first-order valence-corrected chi connectivity index (χ1v) is 11.8. The molecule has 0 N–H and O–H groups in total. The molecule has 0 saturated carbocycles. The molecule has 1 aromatic carbocycles. The van der Waals surface area contributed by atoms with Gasteiger partial charge in [0.05, 0.1) is 10.7 Å². The second-order valence-corrected chi connectivity index (χ2v) is 10.9. The maximum Gasteiger partial charge on any atom is 0.410 e. The molecule has 0 unspecified atom stereocenters. The van der Waals surface area contributed by atoms with Crippen LogP contribution in [0.4, 0.5) is 10.5 Å². The van der Waals surface area contributed by atoms with Crippen LogP contribution in [-0.4, -0.2) is 69.1 Å². The van der Waals surface area contributed by atoms with Gasteiger partial charge in [-0.15, -0.1) is 0 Å². The average Bonchev–Trinajstić information content (AvgIpc) is 2.95. The summed E-state index contributed by atoms with van der Waals surface area (Å²) in [4.78, 5) is 42.3. The molecule has 1 atom stereocenters. The zero-order valence-corrected chi connectivity index (χ0v) is 20.5. The fourth-order valence-corrected chi connectivity index (χ4v) is 5.11. The summed E-state index contributed by atoms with van der Waals surface area (Å²) in [5.74, 6) is -0.710. The van der Waals surface area contributed by atoms with Crippen LogP contribution in [0.5, 0.6) is 0 Å². The molecule has 31 heavy (non-hydrogen) atoms. The lowest BCUT2D eigenvalue weighted by Crippen LogP contribution is -2.51. The molecule has 2 fully saturated rings. The van der Waals surface area contributed by atoms with E-state index in [4.69, 9.17) is 40.2 Å². The van der Waals surface area contributed by atoms with Gasteiger partial charge in [-0.1, -0.05) is 47.2 Å². The average molecular weight is 504 g/mol. The number of nitrogens with zero attached hydrogens (tertiary/aromatic N) is 3.